The van der Waals surface area contributed by atoms with Gasteiger partial charge in [-0.2, -0.15) is 0 Å². The molecule has 4 rings (SSSR count). The first-order chi connectivity index (χ1) is 14.0. The van der Waals surface area contributed by atoms with Gasteiger partial charge in [0.15, 0.2) is 11.5 Å². The first kappa shape index (κ1) is 18.8. The number of anilines is 1. The Balaban J connectivity index is 1.43. The number of amides is 1. The minimum atomic E-state index is -3.76. The Kier molecular flexibility index (Phi) is 5.05. The highest BCUT2D eigenvalue weighted by atomic mass is 32.2. The third kappa shape index (κ3) is 4.30. The second-order valence-corrected chi connectivity index (χ2v) is 7.93. The first-order valence-corrected chi connectivity index (χ1v) is 10.2. The summed E-state index contributed by atoms with van der Waals surface area (Å²) in [5.41, 5.74) is 1.28. The summed E-state index contributed by atoms with van der Waals surface area (Å²) in [4.78, 5) is 16.5. The van der Waals surface area contributed by atoms with E-state index in [1.165, 1.54) is 30.6 Å². The molecule has 2 aromatic carbocycles. The van der Waals surface area contributed by atoms with Crippen LogP contribution in [0.25, 0.3) is 0 Å². The summed E-state index contributed by atoms with van der Waals surface area (Å²) >= 11 is 0. The van der Waals surface area contributed by atoms with Crippen LogP contribution in [-0.4, -0.2) is 26.1 Å². The highest BCUT2D eigenvalue weighted by molar-refractivity contribution is 7.92. The van der Waals surface area contributed by atoms with Gasteiger partial charge in [0.25, 0.3) is 15.9 Å². The third-order valence-electron chi connectivity index (χ3n) is 4.20. The Bertz CT molecular complexity index is 1150. The first-order valence-electron chi connectivity index (χ1n) is 8.71. The number of ether oxygens (including phenoxy) is 2. The molecule has 3 aromatic rings. The Morgan fingerprint density at radius 1 is 1.00 bits per heavy atom. The van der Waals surface area contributed by atoms with Gasteiger partial charge in [-0.15, -0.1) is 0 Å². The Morgan fingerprint density at radius 2 is 1.79 bits per heavy atom. The highest BCUT2D eigenvalue weighted by Gasteiger charge is 2.16. The van der Waals surface area contributed by atoms with Crippen LogP contribution in [0, 0.1) is 0 Å². The predicted octanol–water partition coefficient (Wildman–Crippen LogP) is 2.54. The van der Waals surface area contributed by atoms with Crippen molar-refractivity contribution in [1.29, 1.82) is 0 Å². The molecule has 148 valence electrons. The number of benzene rings is 2. The average Bonchev–Trinajstić information content (AvgIpc) is 3.20. The lowest BCUT2D eigenvalue weighted by Gasteiger charge is -2.10. The van der Waals surface area contributed by atoms with Gasteiger partial charge in [0.05, 0.1) is 22.3 Å². The lowest BCUT2D eigenvalue weighted by atomic mass is 10.2. The summed E-state index contributed by atoms with van der Waals surface area (Å²) < 4.78 is 37.9. The Labute approximate surface area is 167 Å². The molecule has 1 amide bonds. The minimum Gasteiger partial charge on any atom is -0.454 e. The number of pyridine rings is 1. The van der Waals surface area contributed by atoms with E-state index < -0.39 is 10.0 Å². The number of nitrogens with one attached hydrogen (secondary N) is 2. The molecule has 0 saturated carbocycles. The van der Waals surface area contributed by atoms with Gasteiger partial charge >= 0.3 is 0 Å². The number of hydrogen-bond acceptors (Lipinski definition) is 6. The average molecular weight is 411 g/mol. The summed E-state index contributed by atoms with van der Waals surface area (Å²) in [6.45, 7) is 0.456. The molecule has 1 aliphatic heterocycles. The van der Waals surface area contributed by atoms with Crippen LogP contribution in [0.3, 0.4) is 0 Å². The molecule has 2 N–H and O–H groups in total. The maximum atomic E-state index is 12.5. The molecular weight excluding hydrogens is 394 g/mol. The number of fused-ring (bicyclic) bond motifs is 1. The molecule has 0 radical (unpaired) electrons. The minimum absolute atomic E-state index is 0.123. The normalized spacial score (nSPS) is 12.4. The molecule has 8 nitrogen and oxygen atoms in total. The van der Waals surface area contributed by atoms with Crippen LogP contribution in [0.15, 0.2) is 71.9 Å². The van der Waals surface area contributed by atoms with Crippen LogP contribution in [-0.2, 0) is 16.6 Å². The maximum Gasteiger partial charge on any atom is 0.261 e. The maximum absolute atomic E-state index is 12.5. The summed E-state index contributed by atoms with van der Waals surface area (Å²) in [6.07, 6.45) is 2.71. The van der Waals surface area contributed by atoms with E-state index in [4.69, 9.17) is 9.47 Å². The summed E-state index contributed by atoms with van der Waals surface area (Å²) in [7, 11) is -3.76. The summed E-state index contributed by atoms with van der Waals surface area (Å²) in [6, 6.07) is 14.8. The fourth-order valence-corrected chi connectivity index (χ4v) is 3.82. The molecule has 29 heavy (non-hydrogen) atoms. The fraction of sp³-hybridized carbons (Fsp3) is 0.100. The summed E-state index contributed by atoms with van der Waals surface area (Å²) in [5.74, 6) is 0.925. The highest BCUT2D eigenvalue weighted by Crippen LogP contribution is 2.32. The van der Waals surface area contributed by atoms with Crippen molar-refractivity contribution in [2.24, 2.45) is 0 Å². The molecule has 0 aliphatic carbocycles. The third-order valence-corrected chi connectivity index (χ3v) is 5.59. The number of hydrogen-bond donors (Lipinski definition) is 2. The molecule has 0 bridgehead atoms. The molecule has 1 aliphatic rings. The van der Waals surface area contributed by atoms with Crippen molar-refractivity contribution < 1.29 is 22.7 Å². The molecule has 0 saturated heterocycles. The molecule has 9 heteroatoms. The predicted molar refractivity (Wildman–Crippen MR) is 105 cm³/mol. The van der Waals surface area contributed by atoms with Crippen LogP contribution < -0.4 is 19.5 Å². The topological polar surface area (TPSA) is 107 Å². The Morgan fingerprint density at radius 3 is 2.62 bits per heavy atom. The van der Waals surface area contributed by atoms with Crippen molar-refractivity contribution in [2.75, 3.05) is 11.5 Å². The van der Waals surface area contributed by atoms with E-state index in [2.05, 4.69) is 15.0 Å². The summed E-state index contributed by atoms with van der Waals surface area (Å²) in [5, 5.41) is 2.78. The van der Waals surface area contributed by atoms with Gasteiger partial charge in [-0.1, -0.05) is 24.3 Å². The number of aromatic nitrogens is 1. The van der Waals surface area contributed by atoms with Crippen LogP contribution in [0.4, 0.5) is 5.69 Å². The zero-order valence-electron chi connectivity index (χ0n) is 15.2. The second-order valence-electron chi connectivity index (χ2n) is 6.25. The van der Waals surface area contributed by atoms with E-state index >= 15 is 0 Å². The van der Waals surface area contributed by atoms with Gasteiger partial charge in [-0.3, -0.25) is 14.5 Å². The number of nitrogens with zero attached hydrogens (tertiary/aromatic N) is 1. The molecule has 0 atom stereocenters. The van der Waals surface area contributed by atoms with Crippen molar-refractivity contribution in [3.63, 3.8) is 0 Å². The van der Waals surface area contributed by atoms with Gasteiger partial charge in [0, 0.05) is 12.7 Å². The zero-order valence-corrected chi connectivity index (χ0v) is 16.0. The van der Waals surface area contributed by atoms with E-state index in [-0.39, 0.29) is 35.4 Å². The molecule has 2 heterocycles. The van der Waals surface area contributed by atoms with Gasteiger partial charge in [0.1, 0.15) is 0 Å². The van der Waals surface area contributed by atoms with Crippen LogP contribution >= 0.6 is 0 Å². The smallest absolute Gasteiger partial charge is 0.261 e. The standard InChI is InChI=1S/C20H17N3O5S/c24-20(22-10-14-6-7-18-19(8-14)28-13-27-18)15-9-16(12-21-11-15)23-29(25,26)17-4-2-1-3-5-17/h1-9,11-12,23H,10,13H2,(H,22,24). The van der Waals surface area contributed by atoms with E-state index in [1.807, 2.05) is 6.07 Å². The molecule has 0 fully saturated rings. The molecule has 1 aromatic heterocycles. The van der Waals surface area contributed by atoms with Crippen molar-refractivity contribution in [2.45, 2.75) is 11.4 Å². The lowest BCUT2D eigenvalue weighted by Crippen LogP contribution is -2.23. The van der Waals surface area contributed by atoms with Gasteiger partial charge < -0.3 is 14.8 Å². The van der Waals surface area contributed by atoms with Gasteiger partial charge in [-0.25, -0.2) is 8.42 Å². The van der Waals surface area contributed by atoms with E-state index in [0.29, 0.717) is 11.5 Å². The van der Waals surface area contributed by atoms with Crippen molar-refractivity contribution in [3.05, 3.63) is 78.1 Å². The molecular formula is C20H17N3O5S. The van der Waals surface area contributed by atoms with Crippen molar-refractivity contribution >= 4 is 21.6 Å². The molecule has 0 spiro atoms. The monoisotopic (exact) mass is 411 g/mol. The van der Waals surface area contributed by atoms with Crippen molar-refractivity contribution in [1.82, 2.24) is 10.3 Å². The quantitative estimate of drug-likeness (QED) is 0.646. The SMILES string of the molecule is O=C(NCc1ccc2c(c1)OCO2)c1cncc(NS(=O)(=O)c2ccccc2)c1. The molecule has 0 unspecified atom stereocenters. The van der Waals surface area contributed by atoms with E-state index in [9.17, 15) is 13.2 Å². The fourth-order valence-electron chi connectivity index (χ4n) is 2.77. The van der Waals surface area contributed by atoms with E-state index in [1.54, 1.807) is 30.3 Å². The second kappa shape index (κ2) is 7.80. The van der Waals surface area contributed by atoms with Crippen LogP contribution in [0.1, 0.15) is 15.9 Å². The number of rotatable bonds is 6. The lowest BCUT2D eigenvalue weighted by molar-refractivity contribution is 0.0950. The largest absolute Gasteiger partial charge is 0.454 e. The number of carbonyl (C=O) groups is 1. The number of carbonyl (C=O) groups excluding carboxylic acids is 1. The van der Waals surface area contributed by atoms with Crippen molar-refractivity contribution in [3.8, 4) is 11.5 Å². The Hall–Kier alpha value is -3.59. The number of sulfonamides is 1. The van der Waals surface area contributed by atoms with Crippen LogP contribution in [0.2, 0.25) is 0 Å². The van der Waals surface area contributed by atoms with Crippen LogP contribution in [0.5, 0.6) is 11.5 Å². The van der Waals surface area contributed by atoms with Gasteiger partial charge in [0.2, 0.25) is 6.79 Å². The van der Waals surface area contributed by atoms with E-state index in [0.717, 1.165) is 5.56 Å². The zero-order chi connectivity index (χ0) is 20.3. The van der Waals surface area contributed by atoms with Gasteiger partial charge in [-0.05, 0) is 35.9 Å².